The molecule has 6 heteroatoms. The Kier molecular flexibility index (Phi) is 3.62. The number of ether oxygens (including phenoxy) is 1. The molecule has 2 aromatic heterocycles. The van der Waals surface area contributed by atoms with E-state index in [1.807, 2.05) is 49.6 Å². The summed E-state index contributed by atoms with van der Waals surface area (Å²) in [7, 11) is 0. The first kappa shape index (κ1) is 13.6. The SMILES string of the molecule is CCOc1ccc(-c2csc(-n3nc(C)cc3N)n2)cc1. The first-order valence-corrected chi connectivity index (χ1v) is 7.56. The largest absolute Gasteiger partial charge is 0.494 e. The average Bonchev–Trinajstić information content (AvgIpc) is 3.06. The Balaban J connectivity index is 1.89. The minimum absolute atomic E-state index is 0.597. The maximum absolute atomic E-state index is 5.93. The molecule has 3 rings (SSSR count). The lowest BCUT2D eigenvalue weighted by molar-refractivity contribution is 0.340. The van der Waals surface area contributed by atoms with Crippen LogP contribution in [0, 0.1) is 6.92 Å². The quantitative estimate of drug-likeness (QED) is 0.803. The summed E-state index contributed by atoms with van der Waals surface area (Å²) >= 11 is 1.52. The molecular weight excluding hydrogens is 284 g/mol. The molecule has 2 heterocycles. The van der Waals surface area contributed by atoms with Gasteiger partial charge in [0.2, 0.25) is 5.13 Å². The average molecular weight is 300 g/mol. The number of nitrogen functional groups attached to an aromatic ring is 1. The van der Waals surface area contributed by atoms with Crippen LogP contribution in [0.5, 0.6) is 5.75 Å². The van der Waals surface area contributed by atoms with Crippen LogP contribution in [0.1, 0.15) is 12.6 Å². The van der Waals surface area contributed by atoms with Crippen molar-refractivity contribution in [3.05, 3.63) is 41.4 Å². The van der Waals surface area contributed by atoms with E-state index in [-0.39, 0.29) is 0 Å². The summed E-state index contributed by atoms with van der Waals surface area (Å²) in [5.41, 5.74) is 8.76. The van der Waals surface area contributed by atoms with Gasteiger partial charge in [0.05, 0.1) is 18.0 Å². The molecule has 108 valence electrons. The fourth-order valence-electron chi connectivity index (χ4n) is 2.06. The van der Waals surface area contributed by atoms with E-state index in [9.17, 15) is 0 Å². The number of nitrogens with two attached hydrogens (primary N) is 1. The Morgan fingerprint density at radius 3 is 2.67 bits per heavy atom. The van der Waals surface area contributed by atoms with Crippen LogP contribution < -0.4 is 10.5 Å². The van der Waals surface area contributed by atoms with Crippen LogP contribution in [0.15, 0.2) is 35.7 Å². The van der Waals surface area contributed by atoms with Crippen LogP contribution in [0.3, 0.4) is 0 Å². The minimum Gasteiger partial charge on any atom is -0.494 e. The lowest BCUT2D eigenvalue weighted by Crippen LogP contribution is -2.01. The minimum atomic E-state index is 0.597. The maximum Gasteiger partial charge on any atom is 0.212 e. The zero-order chi connectivity index (χ0) is 14.8. The third kappa shape index (κ3) is 2.75. The van der Waals surface area contributed by atoms with Crippen LogP contribution in [-0.2, 0) is 0 Å². The van der Waals surface area contributed by atoms with E-state index in [4.69, 9.17) is 10.5 Å². The highest BCUT2D eigenvalue weighted by Crippen LogP contribution is 2.26. The van der Waals surface area contributed by atoms with Gasteiger partial charge in [0.15, 0.2) is 0 Å². The molecule has 5 nitrogen and oxygen atoms in total. The Morgan fingerprint density at radius 1 is 1.29 bits per heavy atom. The van der Waals surface area contributed by atoms with Crippen LogP contribution >= 0.6 is 11.3 Å². The normalized spacial score (nSPS) is 10.8. The Hall–Kier alpha value is -2.34. The highest BCUT2D eigenvalue weighted by atomic mass is 32.1. The summed E-state index contributed by atoms with van der Waals surface area (Å²) in [4.78, 5) is 4.60. The van der Waals surface area contributed by atoms with Crippen molar-refractivity contribution < 1.29 is 4.74 Å². The molecule has 3 aromatic rings. The Morgan fingerprint density at radius 2 is 2.05 bits per heavy atom. The number of nitrogens with zero attached hydrogens (tertiary/aromatic N) is 3. The molecular formula is C15H16N4OS. The zero-order valence-electron chi connectivity index (χ0n) is 11.9. The van der Waals surface area contributed by atoms with E-state index < -0.39 is 0 Å². The van der Waals surface area contributed by atoms with E-state index in [0.717, 1.165) is 27.8 Å². The topological polar surface area (TPSA) is 66.0 Å². The molecule has 0 amide bonds. The van der Waals surface area contributed by atoms with Crippen LogP contribution in [-0.4, -0.2) is 21.4 Å². The number of hydrogen-bond acceptors (Lipinski definition) is 5. The summed E-state index contributed by atoms with van der Waals surface area (Å²) in [5.74, 6) is 1.46. The Labute approximate surface area is 127 Å². The first-order chi connectivity index (χ1) is 10.2. The number of aromatic nitrogens is 3. The second-order valence-corrected chi connectivity index (χ2v) is 5.43. The molecule has 21 heavy (non-hydrogen) atoms. The number of aryl methyl sites for hydroxylation is 1. The van der Waals surface area contributed by atoms with Gasteiger partial charge in [0, 0.05) is 17.0 Å². The van der Waals surface area contributed by atoms with Crippen molar-refractivity contribution in [2.75, 3.05) is 12.3 Å². The van der Waals surface area contributed by atoms with Gasteiger partial charge in [-0.3, -0.25) is 0 Å². The molecule has 0 fully saturated rings. The zero-order valence-corrected chi connectivity index (χ0v) is 12.7. The lowest BCUT2D eigenvalue weighted by atomic mass is 10.2. The van der Waals surface area contributed by atoms with Gasteiger partial charge in [0.25, 0.3) is 0 Å². The summed E-state index contributed by atoms with van der Waals surface area (Å²) < 4.78 is 7.11. The van der Waals surface area contributed by atoms with Crippen molar-refractivity contribution in [3.8, 4) is 22.1 Å². The van der Waals surface area contributed by atoms with Crippen LogP contribution in [0.2, 0.25) is 0 Å². The van der Waals surface area contributed by atoms with Gasteiger partial charge in [-0.1, -0.05) is 0 Å². The Bertz CT molecular complexity index is 745. The number of rotatable bonds is 4. The second kappa shape index (κ2) is 5.57. The van der Waals surface area contributed by atoms with Gasteiger partial charge in [0.1, 0.15) is 11.6 Å². The smallest absolute Gasteiger partial charge is 0.212 e. The molecule has 0 bridgehead atoms. The monoisotopic (exact) mass is 300 g/mol. The molecule has 0 aliphatic rings. The van der Waals surface area contributed by atoms with E-state index in [1.54, 1.807) is 4.68 Å². The molecule has 0 aliphatic carbocycles. The van der Waals surface area contributed by atoms with E-state index >= 15 is 0 Å². The molecule has 0 saturated carbocycles. The number of hydrogen-bond donors (Lipinski definition) is 1. The van der Waals surface area contributed by atoms with Gasteiger partial charge in [-0.2, -0.15) is 9.78 Å². The standard InChI is InChI=1S/C15H16N4OS/c1-3-20-12-6-4-11(5-7-12)13-9-21-15(17-13)19-14(16)8-10(2)18-19/h4-9H,3,16H2,1-2H3. The number of benzene rings is 1. The number of anilines is 1. The second-order valence-electron chi connectivity index (χ2n) is 4.60. The van der Waals surface area contributed by atoms with E-state index in [0.29, 0.717) is 12.4 Å². The molecule has 0 radical (unpaired) electrons. The fourth-order valence-corrected chi connectivity index (χ4v) is 2.86. The fraction of sp³-hybridized carbons (Fsp3) is 0.200. The molecule has 0 saturated heterocycles. The van der Waals surface area contributed by atoms with Crippen molar-refractivity contribution in [1.82, 2.24) is 14.8 Å². The van der Waals surface area contributed by atoms with Crippen LogP contribution in [0.4, 0.5) is 5.82 Å². The van der Waals surface area contributed by atoms with E-state index in [1.165, 1.54) is 11.3 Å². The van der Waals surface area contributed by atoms with Crippen molar-refractivity contribution >= 4 is 17.2 Å². The summed E-state index contributed by atoms with van der Waals surface area (Å²) in [5, 5.41) is 7.12. The molecule has 0 atom stereocenters. The van der Waals surface area contributed by atoms with Crippen LogP contribution in [0.25, 0.3) is 16.4 Å². The van der Waals surface area contributed by atoms with Crippen molar-refractivity contribution in [3.63, 3.8) is 0 Å². The third-order valence-corrected chi connectivity index (χ3v) is 3.81. The predicted molar refractivity (Wildman–Crippen MR) is 85.0 cm³/mol. The summed E-state index contributed by atoms with van der Waals surface area (Å²) in [6.07, 6.45) is 0. The van der Waals surface area contributed by atoms with E-state index in [2.05, 4.69) is 10.1 Å². The van der Waals surface area contributed by atoms with Crippen molar-refractivity contribution in [2.45, 2.75) is 13.8 Å². The maximum atomic E-state index is 5.93. The van der Waals surface area contributed by atoms with Gasteiger partial charge in [-0.15, -0.1) is 11.3 Å². The highest BCUT2D eigenvalue weighted by molar-refractivity contribution is 7.12. The first-order valence-electron chi connectivity index (χ1n) is 6.68. The molecule has 0 spiro atoms. The molecule has 0 aliphatic heterocycles. The number of thiazole rings is 1. The molecule has 2 N–H and O–H groups in total. The van der Waals surface area contributed by atoms with Gasteiger partial charge in [-0.05, 0) is 38.1 Å². The van der Waals surface area contributed by atoms with Crippen molar-refractivity contribution in [1.29, 1.82) is 0 Å². The summed E-state index contributed by atoms with van der Waals surface area (Å²) in [6.45, 7) is 4.54. The van der Waals surface area contributed by atoms with Crippen molar-refractivity contribution in [2.24, 2.45) is 0 Å². The molecule has 1 aromatic carbocycles. The highest BCUT2D eigenvalue weighted by Gasteiger charge is 2.10. The van der Waals surface area contributed by atoms with Gasteiger partial charge in [-0.25, -0.2) is 4.98 Å². The lowest BCUT2D eigenvalue weighted by Gasteiger charge is -2.03. The predicted octanol–water partition coefficient (Wildman–Crippen LogP) is 3.29. The summed E-state index contributed by atoms with van der Waals surface area (Å²) in [6, 6.07) is 9.73. The molecule has 0 unspecified atom stereocenters. The third-order valence-electron chi connectivity index (χ3n) is 2.99. The van der Waals surface area contributed by atoms with Gasteiger partial charge < -0.3 is 10.5 Å². The van der Waals surface area contributed by atoms with Gasteiger partial charge >= 0.3 is 0 Å².